The van der Waals surface area contributed by atoms with Crippen LogP contribution in [0.5, 0.6) is 0 Å². The van der Waals surface area contributed by atoms with E-state index in [1.165, 1.54) is 0 Å². The van der Waals surface area contributed by atoms with Crippen molar-refractivity contribution in [1.82, 2.24) is 0 Å². The first-order chi connectivity index (χ1) is 10.6. The van der Waals surface area contributed by atoms with E-state index >= 15 is 0 Å². The van der Waals surface area contributed by atoms with Crippen LogP contribution >= 0.6 is 11.6 Å². The molecule has 1 amide bonds. The van der Waals surface area contributed by atoms with Crippen molar-refractivity contribution in [3.05, 3.63) is 59.1 Å². The molecule has 0 aliphatic rings. The van der Waals surface area contributed by atoms with Gasteiger partial charge in [-0.15, -0.1) is 0 Å². The summed E-state index contributed by atoms with van der Waals surface area (Å²) in [6, 6.07) is 13.9. The van der Waals surface area contributed by atoms with Gasteiger partial charge in [-0.3, -0.25) is 4.79 Å². The minimum atomic E-state index is -0.832. The van der Waals surface area contributed by atoms with Crippen LogP contribution in [0.4, 0.5) is 11.4 Å². The Morgan fingerprint density at radius 2 is 1.86 bits per heavy atom. The van der Waals surface area contributed by atoms with Crippen molar-refractivity contribution < 1.29 is 15.0 Å². The summed E-state index contributed by atoms with van der Waals surface area (Å²) in [5.41, 5.74) is 1.73. The highest BCUT2D eigenvalue weighted by Gasteiger charge is 2.10. The van der Waals surface area contributed by atoms with Gasteiger partial charge in [-0.25, -0.2) is 0 Å². The Labute approximate surface area is 133 Å². The van der Waals surface area contributed by atoms with E-state index in [1.54, 1.807) is 48.5 Å². The Morgan fingerprint density at radius 3 is 2.59 bits per heavy atom. The molecule has 0 saturated heterocycles. The molecule has 0 aromatic heterocycles. The molecule has 0 radical (unpaired) electrons. The lowest BCUT2D eigenvalue weighted by atomic mass is 10.2. The molecule has 5 nitrogen and oxygen atoms in total. The van der Waals surface area contributed by atoms with E-state index in [0.717, 1.165) is 5.69 Å². The molecular weight excluding hydrogens is 304 g/mol. The average Bonchev–Trinajstić information content (AvgIpc) is 2.53. The molecule has 22 heavy (non-hydrogen) atoms. The lowest BCUT2D eigenvalue weighted by Gasteiger charge is -2.12. The number of hydrogen-bond donors (Lipinski definition) is 4. The maximum absolute atomic E-state index is 12.2. The monoisotopic (exact) mass is 320 g/mol. The van der Waals surface area contributed by atoms with Crippen molar-refractivity contribution in [2.75, 3.05) is 23.8 Å². The van der Waals surface area contributed by atoms with Crippen LogP contribution in [-0.2, 0) is 0 Å². The van der Waals surface area contributed by atoms with Crippen molar-refractivity contribution in [3.63, 3.8) is 0 Å². The molecule has 0 aliphatic carbocycles. The number of aliphatic hydroxyl groups is 2. The molecule has 6 heteroatoms. The Bertz CT molecular complexity index is 649. The van der Waals surface area contributed by atoms with Gasteiger partial charge < -0.3 is 20.8 Å². The smallest absolute Gasteiger partial charge is 0.257 e. The van der Waals surface area contributed by atoms with Crippen molar-refractivity contribution in [2.45, 2.75) is 6.10 Å². The van der Waals surface area contributed by atoms with Crippen LogP contribution in [-0.4, -0.2) is 35.4 Å². The number of benzene rings is 2. The molecule has 1 unspecified atom stereocenters. The Hall–Kier alpha value is -2.08. The maximum Gasteiger partial charge on any atom is 0.257 e. The predicted molar refractivity (Wildman–Crippen MR) is 87.4 cm³/mol. The number of carbonyl (C=O) groups is 1. The summed E-state index contributed by atoms with van der Waals surface area (Å²) < 4.78 is 0. The summed E-state index contributed by atoms with van der Waals surface area (Å²) in [5, 5.41) is 24.2. The number of carbonyl (C=O) groups excluding carboxylic acids is 1. The first-order valence-corrected chi connectivity index (χ1v) is 7.16. The minimum absolute atomic E-state index is 0.221. The zero-order valence-corrected chi connectivity index (χ0v) is 12.5. The van der Waals surface area contributed by atoms with Crippen LogP contribution in [0.15, 0.2) is 48.5 Å². The van der Waals surface area contributed by atoms with E-state index in [0.29, 0.717) is 16.3 Å². The third kappa shape index (κ3) is 4.46. The van der Waals surface area contributed by atoms with Gasteiger partial charge in [0.25, 0.3) is 5.91 Å². The van der Waals surface area contributed by atoms with Crippen LogP contribution in [0.3, 0.4) is 0 Å². The zero-order valence-electron chi connectivity index (χ0n) is 11.8. The van der Waals surface area contributed by atoms with Crippen molar-refractivity contribution in [2.24, 2.45) is 0 Å². The first-order valence-electron chi connectivity index (χ1n) is 6.79. The van der Waals surface area contributed by atoms with Gasteiger partial charge in [-0.2, -0.15) is 0 Å². The fraction of sp³-hybridized carbons (Fsp3) is 0.188. The number of aliphatic hydroxyl groups excluding tert-OH is 2. The van der Waals surface area contributed by atoms with Crippen LogP contribution in [0.1, 0.15) is 10.4 Å². The molecule has 0 spiro atoms. The molecule has 0 fully saturated rings. The third-order valence-corrected chi connectivity index (χ3v) is 3.32. The highest BCUT2D eigenvalue weighted by molar-refractivity contribution is 6.34. The van der Waals surface area contributed by atoms with Gasteiger partial charge in [0.2, 0.25) is 0 Å². The van der Waals surface area contributed by atoms with Gasteiger partial charge in [0.15, 0.2) is 0 Å². The van der Waals surface area contributed by atoms with E-state index in [-0.39, 0.29) is 19.1 Å². The lowest BCUT2D eigenvalue weighted by molar-refractivity contribution is 0.102. The fourth-order valence-corrected chi connectivity index (χ4v) is 2.07. The summed E-state index contributed by atoms with van der Waals surface area (Å²) in [5.74, 6) is -0.293. The van der Waals surface area contributed by atoms with Gasteiger partial charge >= 0.3 is 0 Å². The number of amides is 1. The van der Waals surface area contributed by atoms with E-state index in [4.69, 9.17) is 16.7 Å². The summed E-state index contributed by atoms with van der Waals surface area (Å²) in [6.45, 7) is -0.0889. The largest absolute Gasteiger partial charge is 0.394 e. The molecule has 2 aromatic carbocycles. The molecule has 1 atom stereocenters. The third-order valence-electron chi connectivity index (χ3n) is 2.99. The maximum atomic E-state index is 12.2. The molecule has 0 saturated carbocycles. The SMILES string of the molecule is O=C(Nc1cccc(NCC(O)CO)c1)c1ccccc1Cl. The van der Waals surface area contributed by atoms with E-state index < -0.39 is 6.10 Å². The number of halogens is 1. The van der Waals surface area contributed by atoms with Gasteiger partial charge in [0, 0.05) is 17.9 Å². The molecule has 2 aromatic rings. The normalized spacial score (nSPS) is 11.8. The number of anilines is 2. The number of nitrogens with one attached hydrogen (secondary N) is 2. The molecular formula is C16H17ClN2O3. The fourth-order valence-electron chi connectivity index (χ4n) is 1.85. The second-order valence-corrected chi connectivity index (χ2v) is 5.14. The van der Waals surface area contributed by atoms with Crippen LogP contribution in [0.25, 0.3) is 0 Å². The number of hydrogen-bond acceptors (Lipinski definition) is 4. The van der Waals surface area contributed by atoms with E-state index in [2.05, 4.69) is 10.6 Å². The van der Waals surface area contributed by atoms with Gasteiger partial charge in [-0.1, -0.05) is 29.8 Å². The van der Waals surface area contributed by atoms with Crippen molar-refractivity contribution in [1.29, 1.82) is 0 Å². The van der Waals surface area contributed by atoms with Crippen LogP contribution in [0.2, 0.25) is 5.02 Å². The second kappa shape index (κ2) is 7.79. The van der Waals surface area contributed by atoms with Crippen molar-refractivity contribution >= 4 is 28.9 Å². The lowest BCUT2D eigenvalue weighted by Crippen LogP contribution is -2.23. The molecule has 116 valence electrons. The first kappa shape index (κ1) is 16.3. The molecule has 0 bridgehead atoms. The Balaban J connectivity index is 2.04. The zero-order chi connectivity index (χ0) is 15.9. The second-order valence-electron chi connectivity index (χ2n) is 4.73. The van der Waals surface area contributed by atoms with Crippen molar-refractivity contribution in [3.8, 4) is 0 Å². The predicted octanol–water partition coefficient (Wildman–Crippen LogP) is 2.36. The van der Waals surface area contributed by atoms with Gasteiger partial charge in [0.05, 0.1) is 23.3 Å². The molecule has 0 heterocycles. The Kier molecular flexibility index (Phi) is 5.77. The molecule has 0 aliphatic heterocycles. The van der Waals surface area contributed by atoms with Gasteiger partial charge in [0.1, 0.15) is 0 Å². The Morgan fingerprint density at radius 1 is 1.14 bits per heavy atom. The highest BCUT2D eigenvalue weighted by atomic mass is 35.5. The highest BCUT2D eigenvalue weighted by Crippen LogP contribution is 2.19. The minimum Gasteiger partial charge on any atom is -0.394 e. The summed E-state index contributed by atoms with van der Waals surface area (Å²) in [6.07, 6.45) is -0.832. The van der Waals surface area contributed by atoms with Crippen LogP contribution in [0, 0.1) is 0 Å². The average molecular weight is 321 g/mol. The quantitative estimate of drug-likeness (QED) is 0.658. The number of rotatable bonds is 6. The molecule has 2 rings (SSSR count). The standard InChI is InChI=1S/C16H17ClN2O3/c17-15-7-2-1-6-14(15)16(22)19-12-5-3-4-11(8-12)18-9-13(21)10-20/h1-8,13,18,20-21H,9-10H2,(H,19,22). The molecule has 4 N–H and O–H groups in total. The topological polar surface area (TPSA) is 81.6 Å². The van der Waals surface area contributed by atoms with E-state index in [9.17, 15) is 9.90 Å². The van der Waals surface area contributed by atoms with Gasteiger partial charge in [-0.05, 0) is 30.3 Å². The summed E-state index contributed by atoms with van der Waals surface area (Å²) in [4.78, 5) is 12.2. The summed E-state index contributed by atoms with van der Waals surface area (Å²) >= 11 is 5.99. The van der Waals surface area contributed by atoms with E-state index in [1.807, 2.05) is 0 Å². The van der Waals surface area contributed by atoms with Crippen LogP contribution < -0.4 is 10.6 Å². The summed E-state index contributed by atoms with van der Waals surface area (Å²) in [7, 11) is 0.